The molecule has 0 unspecified atom stereocenters. The maximum atomic E-state index is 12.3. The summed E-state index contributed by atoms with van der Waals surface area (Å²) in [5.41, 5.74) is -0.603. The van der Waals surface area contributed by atoms with Gasteiger partial charge in [0, 0.05) is 32.2 Å². The van der Waals surface area contributed by atoms with Crippen LogP contribution in [0.3, 0.4) is 0 Å². The van der Waals surface area contributed by atoms with E-state index in [0.29, 0.717) is 19.3 Å². The molecule has 1 saturated heterocycles. The molecule has 8 heteroatoms. The second-order valence-electron chi connectivity index (χ2n) is 5.60. The molecule has 0 radical (unpaired) electrons. The standard InChI is InChI=1S/C14H19N3O5/c1-2-3-6-14(15-16-14)7-4-10(19)17-8-5-9(18)12(20)11(17)13(21)22/h1,9,11-12,18,20H,3-8H2,(H,21,22)/t9-,11+,12-/m1/s1. The average Bonchev–Trinajstić information content (AvgIpc) is 3.25. The van der Waals surface area contributed by atoms with Crippen LogP contribution in [0.1, 0.15) is 32.1 Å². The summed E-state index contributed by atoms with van der Waals surface area (Å²) < 4.78 is 0. The first-order chi connectivity index (χ1) is 10.4. The van der Waals surface area contributed by atoms with Crippen LogP contribution in [0.4, 0.5) is 0 Å². The average molecular weight is 309 g/mol. The van der Waals surface area contributed by atoms with Gasteiger partial charge in [-0.2, -0.15) is 10.2 Å². The summed E-state index contributed by atoms with van der Waals surface area (Å²) in [6.07, 6.45) is 4.23. The van der Waals surface area contributed by atoms with Crippen molar-refractivity contribution in [2.45, 2.75) is 56.0 Å². The van der Waals surface area contributed by atoms with Crippen LogP contribution in [0.25, 0.3) is 0 Å². The quantitative estimate of drug-likeness (QED) is 0.584. The summed E-state index contributed by atoms with van der Waals surface area (Å²) in [6.45, 7) is 0.0969. The summed E-state index contributed by atoms with van der Waals surface area (Å²) in [5.74, 6) is 0.770. The number of terminal acetylenes is 1. The highest BCUT2D eigenvalue weighted by atomic mass is 16.4. The zero-order valence-corrected chi connectivity index (χ0v) is 12.1. The molecule has 1 amide bonds. The Labute approximate surface area is 127 Å². The van der Waals surface area contributed by atoms with E-state index in [1.807, 2.05) is 0 Å². The van der Waals surface area contributed by atoms with Crippen molar-refractivity contribution in [3.63, 3.8) is 0 Å². The van der Waals surface area contributed by atoms with Gasteiger partial charge in [-0.15, -0.1) is 12.3 Å². The van der Waals surface area contributed by atoms with Crippen molar-refractivity contribution in [1.29, 1.82) is 0 Å². The Morgan fingerprint density at radius 2 is 2.00 bits per heavy atom. The predicted molar refractivity (Wildman–Crippen MR) is 74.7 cm³/mol. The Kier molecular flexibility index (Phi) is 4.78. The van der Waals surface area contributed by atoms with Gasteiger partial charge in [0.25, 0.3) is 0 Å². The van der Waals surface area contributed by atoms with Gasteiger partial charge in [0.05, 0.1) is 6.10 Å². The lowest BCUT2D eigenvalue weighted by atomic mass is 9.94. The number of amides is 1. The molecule has 2 aliphatic heterocycles. The van der Waals surface area contributed by atoms with Crippen LogP contribution in [0.15, 0.2) is 10.2 Å². The van der Waals surface area contributed by atoms with Crippen molar-refractivity contribution in [1.82, 2.24) is 4.90 Å². The van der Waals surface area contributed by atoms with E-state index in [0.717, 1.165) is 4.90 Å². The number of carbonyl (C=O) groups excluding carboxylic acids is 1. The number of hydrogen-bond donors (Lipinski definition) is 3. The van der Waals surface area contributed by atoms with Crippen molar-refractivity contribution in [2.24, 2.45) is 10.2 Å². The van der Waals surface area contributed by atoms with Crippen LogP contribution < -0.4 is 0 Å². The molecule has 3 atom stereocenters. The van der Waals surface area contributed by atoms with Crippen LogP contribution >= 0.6 is 0 Å². The SMILES string of the molecule is C#CCCC1(CCC(=O)N2CC[C@@H](O)[C@@H](O)[C@H]2C(=O)O)N=N1. The number of rotatable bonds is 6. The van der Waals surface area contributed by atoms with Crippen molar-refractivity contribution in [3.05, 3.63) is 0 Å². The summed E-state index contributed by atoms with van der Waals surface area (Å²) in [4.78, 5) is 24.6. The van der Waals surface area contributed by atoms with E-state index in [1.165, 1.54) is 0 Å². The fourth-order valence-corrected chi connectivity index (χ4v) is 2.65. The Balaban J connectivity index is 1.94. The van der Waals surface area contributed by atoms with Gasteiger partial charge >= 0.3 is 5.97 Å². The van der Waals surface area contributed by atoms with Gasteiger partial charge < -0.3 is 20.2 Å². The van der Waals surface area contributed by atoms with Gasteiger partial charge in [0.15, 0.2) is 11.7 Å². The number of aliphatic carboxylic acids is 1. The van der Waals surface area contributed by atoms with Crippen LogP contribution in [0, 0.1) is 12.3 Å². The van der Waals surface area contributed by atoms with Gasteiger partial charge in [0.1, 0.15) is 6.10 Å². The molecule has 0 aromatic carbocycles. The van der Waals surface area contributed by atoms with Crippen molar-refractivity contribution in [3.8, 4) is 12.3 Å². The topological polar surface area (TPSA) is 123 Å². The van der Waals surface area contributed by atoms with E-state index in [1.54, 1.807) is 0 Å². The lowest BCUT2D eigenvalue weighted by Crippen LogP contribution is -2.60. The lowest BCUT2D eigenvalue weighted by molar-refractivity contribution is -0.165. The largest absolute Gasteiger partial charge is 0.480 e. The molecule has 2 heterocycles. The van der Waals surface area contributed by atoms with Crippen molar-refractivity contribution in [2.75, 3.05) is 6.54 Å². The molecule has 0 aromatic rings. The summed E-state index contributed by atoms with van der Waals surface area (Å²) >= 11 is 0. The van der Waals surface area contributed by atoms with Crippen LogP contribution in [0.5, 0.6) is 0 Å². The zero-order chi connectivity index (χ0) is 16.3. The van der Waals surface area contributed by atoms with E-state index in [9.17, 15) is 24.9 Å². The molecule has 3 N–H and O–H groups in total. The summed E-state index contributed by atoms with van der Waals surface area (Å²) in [7, 11) is 0. The smallest absolute Gasteiger partial charge is 0.329 e. The molecule has 0 saturated carbocycles. The molecule has 22 heavy (non-hydrogen) atoms. The van der Waals surface area contributed by atoms with Gasteiger partial charge in [-0.1, -0.05) is 0 Å². The minimum Gasteiger partial charge on any atom is -0.480 e. The number of hydrogen-bond acceptors (Lipinski definition) is 6. The maximum Gasteiger partial charge on any atom is 0.329 e. The summed E-state index contributed by atoms with van der Waals surface area (Å²) in [5, 5.41) is 36.4. The first-order valence-corrected chi connectivity index (χ1v) is 7.16. The Hall–Kier alpha value is -1.98. The maximum absolute atomic E-state index is 12.3. The van der Waals surface area contributed by atoms with Gasteiger partial charge in [-0.05, 0) is 6.42 Å². The highest BCUT2D eigenvalue weighted by molar-refractivity contribution is 5.84. The molecule has 0 aromatic heterocycles. The number of aliphatic hydroxyl groups is 2. The molecule has 120 valence electrons. The van der Waals surface area contributed by atoms with E-state index < -0.39 is 35.8 Å². The van der Waals surface area contributed by atoms with Gasteiger partial charge in [-0.25, -0.2) is 4.79 Å². The molecular formula is C14H19N3O5. The molecular weight excluding hydrogens is 290 g/mol. The number of carbonyl (C=O) groups is 2. The predicted octanol–water partition coefficient (Wildman–Crippen LogP) is -0.251. The van der Waals surface area contributed by atoms with Crippen LogP contribution in [0.2, 0.25) is 0 Å². The minimum atomic E-state index is -1.49. The summed E-state index contributed by atoms with van der Waals surface area (Å²) in [6, 6.07) is -1.43. The number of likely N-dealkylation sites (tertiary alicyclic amines) is 1. The van der Waals surface area contributed by atoms with E-state index in [-0.39, 0.29) is 19.4 Å². The highest BCUT2D eigenvalue weighted by Crippen LogP contribution is 2.38. The molecule has 2 aliphatic rings. The number of aliphatic hydroxyl groups excluding tert-OH is 2. The monoisotopic (exact) mass is 309 g/mol. The second-order valence-corrected chi connectivity index (χ2v) is 5.60. The molecule has 2 rings (SSSR count). The molecule has 0 bridgehead atoms. The minimum absolute atomic E-state index is 0.0736. The molecule has 0 aliphatic carbocycles. The van der Waals surface area contributed by atoms with Crippen molar-refractivity contribution < 1.29 is 24.9 Å². The third kappa shape index (κ3) is 3.43. The van der Waals surface area contributed by atoms with E-state index >= 15 is 0 Å². The zero-order valence-electron chi connectivity index (χ0n) is 12.1. The van der Waals surface area contributed by atoms with Crippen molar-refractivity contribution >= 4 is 11.9 Å². The van der Waals surface area contributed by atoms with E-state index in [4.69, 9.17) is 6.42 Å². The number of piperidine rings is 1. The van der Waals surface area contributed by atoms with Gasteiger partial charge in [0.2, 0.25) is 5.91 Å². The Morgan fingerprint density at radius 3 is 2.55 bits per heavy atom. The fraction of sp³-hybridized carbons (Fsp3) is 0.714. The third-order valence-electron chi connectivity index (χ3n) is 4.08. The van der Waals surface area contributed by atoms with E-state index in [2.05, 4.69) is 16.1 Å². The molecule has 1 fully saturated rings. The molecule has 8 nitrogen and oxygen atoms in total. The number of nitrogens with zero attached hydrogens (tertiary/aromatic N) is 3. The normalized spacial score (nSPS) is 29.0. The van der Waals surface area contributed by atoms with Gasteiger partial charge in [-0.3, -0.25) is 4.79 Å². The highest BCUT2D eigenvalue weighted by Gasteiger charge is 2.44. The van der Waals surface area contributed by atoms with Crippen LogP contribution in [-0.4, -0.2) is 62.6 Å². The first kappa shape index (κ1) is 16.4. The molecule has 0 spiro atoms. The third-order valence-corrected chi connectivity index (χ3v) is 4.08. The number of carboxylic acid groups (broad SMARTS) is 1. The number of carboxylic acids is 1. The lowest BCUT2D eigenvalue weighted by Gasteiger charge is -2.39. The Bertz CT molecular complexity index is 521. The first-order valence-electron chi connectivity index (χ1n) is 7.16. The second kappa shape index (κ2) is 6.42. The Morgan fingerprint density at radius 1 is 1.32 bits per heavy atom. The van der Waals surface area contributed by atoms with Crippen LogP contribution in [-0.2, 0) is 9.59 Å². The fourth-order valence-electron chi connectivity index (χ4n) is 2.65.